The van der Waals surface area contributed by atoms with Crippen molar-refractivity contribution in [2.45, 2.75) is 18.9 Å². The van der Waals surface area contributed by atoms with E-state index in [0.717, 1.165) is 5.56 Å². The molecule has 1 atom stereocenters. The second-order valence-corrected chi connectivity index (χ2v) is 5.09. The van der Waals surface area contributed by atoms with Crippen LogP contribution in [0, 0.1) is 11.6 Å². The van der Waals surface area contributed by atoms with Crippen molar-refractivity contribution in [2.75, 3.05) is 7.05 Å². The molecule has 1 unspecified atom stereocenters. The van der Waals surface area contributed by atoms with Crippen LogP contribution in [0.4, 0.5) is 8.78 Å². The predicted molar refractivity (Wildman–Crippen MR) is 78.1 cm³/mol. The van der Waals surface area contributed by atoms with Crippen LogP contribution >= 0.6 is 11.6 Å². The first kappa shape index (κ1) is 14.9. The quantitative estimate of drug-likeness (QED) is 0.879. The van der Waals surface area contributed by atoms with Crippen LogP contribution in [0.25, 0.3) is 0 Å². The summed E-state index contributed by atoms with van der Waals surface area (Å²) in [5, 5.41) is 3.76. The Morgan fingerprint density at radius 1 is 1.00 bits per heavy atom. The molecule has 0 aliphatic rings. The summed E-state index contributed by atoms with van der Waals surface area (Å²) in [6.45, 7) is 0. The molecule has 0 aliphatic heterocycles. The molecule has 0 aromatic heterocycles. The second-order valence-electron chi connectivity index (χ2n) is 4.69. The van der Waals surface area contributed by atoms with Crippen LogP contribution in [0.3, 0.4) is 0 Å². The van der Waals surface area contributed by atoms with Gasteiger partial charge in [0.25, 0.3) is 0 Å². The van der Waals surface area contributed by atoms with Gasteiger partial charge in [-0.15, -0.1) is 0 Å². The first-order chi connectivity index (χ1) is 9.61. The van der Waals surface area contributed by atoms with Crippen LogP contribution in [0.1, 0.15) is 11.1 Å². The second kappa shape index (κ2) is 6.82. The molecule has 0 aliphatic carbocycles. The van der Waals surface area contributed by atoms with E-state index in [1.807, 2.05) is 24.3 Å². The zero-order valence-corrected chi connectivity index (χ0v) is 11.9. The molecular weight excluding hydrogens is 280 g/mol. The van der Waals surface area contributed by atoms with Gasteiger partial charge in [-0.3, -0.25) is 0 Å². The number of hydrogen-bond donors (Lipinski definition) is 1. The summed E-state index contributed by atoms with van der Waals surface area (Å²) in [7, 11) is 1.78. The molecule has 0 saturated carbocycles. The number of halogens is 3. The minimum atomic E-state index is -0.510. The van der Waals surface area contributed by atoms with E-state index in [1.54, 1.807) is 7.05 Å². The predicted octanol–water partition coefficient (Wildman–Crippen LogP) is 3.99. The summed E-state index contributed by atoms with van der Waals surface area (Å²) in [5.74, 6) is -1.02. The highest BCUT2D eigenvalue weighted by Crippen LogP contribution is 2.20. The third kappa shape index (κ3) is 3.56. The largest absolute Gasteiger partial charge is 0.316 e. The Labute approximate surface area is 122 Å². The van der Waals surface area contributed by atoms with E-state index in [9.17, 15) is 8.78 Å². The molecule has 106 valence electrons. The number of benzene rings is 2. The van der Waals surface area contributed by atoms with Crippen molar-refractivity contribution < 1.29 is 8.78 Å². The number of nitrogens with one attached hydrogen (secondary N) is 1. The van der Waals surface area contributed by atoms with Crippen molar-refractivity contribution in [1.29, 1.82) is 0 Å². The molecular formula is C16H16ClF2N. The molecule has 0 heterocycles. The van der Waals surface area contributed by atoms with Gasteiger partial charge < -0.3 is 5.32 Å². The van der Waals surface area contributed by atoms with Crippen molar-refractivity contribution in [3.05, 3.63) is 70.2 Å². The average Bonchev–Trinajstić information content (AvgIpc) is 2.44. The van der Waals surface area contributed by atoms with Crippen molar-refractivity contribution in [2.24, 2.45) is 0 Å². The monoisotopic (exact) mass is 295 g/mol. The molecule has 0 saturated heterocycles. The summed E-state index contributed by atoms with van der Waals surface area (Å²) < 4.78 is 27.3. The minimum Gasteiger partial charge on any atom is -0.316 e. The highest BCUT2D eigenvalue weighted by atomic mass is 35.5. The lowest BCUT2D eigenvalue weighted by molar-refractivity contribution is 0.502. The standard InChI is InChI=1S/C16H16ClF2N/c1-20-12(9-11-5-2-3-6-14(11)17)10-13-15(18)7-4-8-16(13)19/h2-8,12,20H,9-10H2,1H3. The fourth-order valence-electron chi connectivity index (χ4n) is 2.18. The van der Waals surface area contributed by atoms with E-state index >= 15 is 0 Å². The fraction of sp³-hybridized carbons (Fsp3) is 0.250. The molecule has 2 aromatic carbocycles. The van der Waals surface area contributed by atoms with Gasteiger partial charge in [0.05, 0.1) is 0 Å². The van der Waals surface area contributed by atoms with Crippen LogP contribution in [0.2, 0.25) is 5.02 Å². The lowest BCUT2D eigenvalue weighted by atomic mass is 9.98. The van der Waals surface area contributed by atoms with Gasteiger partial charge >= 0.3 is 0 Å². The third-order valence-electron chi connectivity index (χ3n) is 3.34. The molecule has 1 N–H and O–H groups in total. The van der Waals surface area contributed by atoms with Crippen LogP contribution in [0.15, 0.2) is 42.5 Å². The molecule has 0 fully saturated rings. The van der Waals surface area contributed by atoms with Gasteiger partial charge in [-0.05, 0) is 43.7 Å². The normalized spacial score (nSPS) is 12.4. The van der Waals surface area contributed by atoms with Crippen LogP contribution < -0.4 is 5.32 Å². The summed E-state index contributed by atoms with van der Waals surface area (Å²) in [6.07, 6.45) is 0.893. The van der Waals surface area contributed by atoms with Gasteiger partial charge in [0, 0.05) is 16.6 Å². The molecule has 2 rings (SSSR count). The van der Waals surface area contributed by atoms with Crippen molar-refractivity contribution in [1.82, 2.24) is 5.32 Å². The Morgan fingerprint density at radius 2 is 1.65 bits per heavy atom. The Bertz CT molecular complexity index is 566. The first-order valence-electron chi connectivity index (χ1n) is 6.45. The lowest BCUT2D eigenvalue weighted by Crippen LogP contribution is -2.30. The van der Waals surface area contributed by atoms with E-state index < -0.39 is 11.6 Å². The van der Waals surface area contributed by atoms with Crippen molar-refractivity contribution >= 4 is 11.6 Å². The summed E-state index contributed by atoms with van der Waals surface area (Å²) >= 11 is 6.11. The maximum atomic E-state index is 13.7. The van der Waals surface area contributed by atoms with E-state index in [4.69, 9.17) is 11.6 Å². The van der Waals surface area contributed by atoms with E-state index in [2.05, 4.69) is 5.32 Å². The van der Waals surface area contributed by atoms with Crippen molar-refractivity contribution in [3.63, 3.8) is 0 Å². The molecule has 0 spiro atoms. The summed E-state index contributed by atoms with van der Waals surface area (Å²) in [4.78, 5) is 0. The van der Waals surface area contributed by atoms with Crippen molar-refractivity contribution in [3.8, 4) is 0 Å². The van der Waals surface area contributed by atoms with Gasteiger partial charge in [-0.1, -0.05) is 35.9 Å². The molecule has 0 amide bonds. The number of hydrogen-bond acceptors (Lipinski definition) is 1. The SMILES string of the molecule is CNC(Cc1ccccc1Cl)Cc1c(F)cccc1F. The average molecular weight is 296 g/mol. The Hall–Kier alpha value is -1.45. The van der Waals surface area contributed by atoms with Gasteiger partial charge in [-0.25, -0.2) is 8.78 Å². The van der Waals surface area contributed by atoms with Gasteiger partial charge in [0.15, 0.2) is 0 Å². The van der Waals surface area contributed by atoms with Gasteiger partial charge in [0.1, 0.15) is 11.6 Å². The molecule has 2 aromatic rings. The van der Waals surface area contributed by atoms with Crippen LogP contribution in [-0.4, -0.2) is 13.1 Å². The lowest BCUT2D eigenvalue weighted by Gasteiger charge is -2.18. The topological polar surface area (TPSA) is 12.0 Å². The Morgan fingerprint density at radius 3 is 2.25 bits per heavy atom. The summed E-state index contributed by atoms with van der Waals surface area (Å²) in [6, 6.07) is 11.3. The Balaban J connectivity index is 2.16. The van der Waals surface area contributed by atoms with E-state index in [-0.39, 0.29) is 18.0 Å². The molecule has 4 heteroatoms. The molecule has 0 bridgehead atoms. The maximum Gasteiger partial charge on any atom is 0.129 e. The third-order valence-corrected chi connectivity index (χ3v) is 3.71. The molecule has 1 nitrogen and oxygen atoms in total. The smallest absolute Gasteiger partial charge is 0.129 e. The Kier molecular flexibility index (Phi) is 5.10. The first-order valence-corrected chi connectivity index (χ1v) is 6.83. The van der Waals surface area contributed by atoms with E-state index in [0.29, 0.717) is 11.4 Å². The fourth-order valence-corrected chi connectivity index (χ4v) is 2.39. The van der Waals surface area contributed by atoms with Crippen LogP contribution in [0.5, 0.6) is 0 Å². The minimum absolute atomic E-state index is 0.0821. The van der Waals surface area contributed by atoms with Gasteiger partial charge in [0.2, 0.25) is 0 Å². The highest BCUT2D eigenvalue weighted by Gasteiger charge is 2.16. The van der Waals surface area contributed by atoms with E-state index in [1.165, 1.54) is 18.2 Å². The highest BCUT2D eigenvalue weighted by molar-refractivity contribution is 6.31. The zero-order valence-electron chi connectivity index (χ0n) is 11.2. The molecule has 0 radical (unpaired) electrons. The number of rotatable bonds is 5. The molecule has 20 heavy (non-hydrogen) atoms. The van der Waals surface area contributed by atoms with Crippen LogP contribution in [-0.2, 0) is 12.8 Å². The maximum absolute atomic E-state index is 13.7. The van der Waals surface area contributed by atoms with Gasteiger partial charge in [-0.2, -0.15) is 0 Å². The summed E-state index contributed by atoms with van der Waals surface area (Å²) in [5.41, 5.74) is 1.07. The zero-order chi connectivity index (χ0) is 14.5. The number of likely N-dealkylation sites (N-methyl/N-ethyl adjacent to an activating group) is 1.